The van der Waals surface area contributed by atoms with Gasteiger partial charge in [-0.05, 0) is 35.7 Å². The SMILES string of the molecule is COc1ccccc1C(=O)N1CCNC(=O)C(Cc2ccccc2-c2ccccc2OC)C1. The fraction of sp³-hybridized carbons (Fsp3) is 0.259. The van der Waals surface area contributed by atoms with Gasteiger partial charge in [-0.1, -0.05) is 54.6 Å². The second-order valence-corrected chi connectivity index (χ2v) is 8.00. The van der Waals surface area contributed by atoms with Crippen molar-refractivity contribution in [3.63, 3.8) is 0 Å². The van der Waals surface area contributed by atoms with Gasteiger partial charge >= 0.3 is 0 Å². The number of carbonyl (C=O) groups excluding carboxylic acids is 2. The van der Waals surface area contributed by atoms with E-state index in [1.807, 2.05) is 60.7 Å². The maximum Gasteiger partial charge on any atom is 0.257 e. The molecule has 1 unspecified atom stereocenters. The predicted molar refractivity (Wildman–Crippen MR) is 128 cm³/mol. The molecular formula is C27H28N2O4. The fourth-order valence-electron chi connectivity index (χ4n) is 4.33. The Morgan fingerprint density at radius 2 is 1.55 bits per heavy atom. The van der Waals surface area contributed by atoms with E-state index >= 15 is 0 Å². The first-order valence-corrected chi connectivity index (χ1v) is 11.0. The minimum atomic E-state index is -0.373. The molecule has 2 amide bonds. The number of nitrogens with one attached hydrogen (secondary N) is 1. The summed E-state index contributed by atoms with van der Waals surface area (Å²) in [7, 11) is 3.21. The van der Waals surface area contributed by atoms with Crippen molar-refractivity contribution in [3.8, 4) is 22.6 Å². The molecule has 1 aliphatic heterocycles. The number of para-hydroxylation sites is 2. The van der Waals surface area contributed by atoms with Gasteiger partial charge in [0.15, 0.2) is 0 Å². The van der Waals surface area contributed by atoms with Gasteiger partial charge in [-0.3, -0.25) is 9.59 Å². The highest BCUT2D eigenvalue weighted by molar-refractivity contribution is 5.97. The molecule has 0 aliphatic carbocycles. The Kier molecular flexibility index (Phi) is 6.93. The third-order valence-electron chi connectivity index (χ3n) is 6.00. The van der Waals surface area contributed by atoms with Crippen LogP contribution >= 0.6 is 0 Å². The molecule has 0 radical (unpaired) electrons. The summed E-state index contributed by atoms with van der Waals surface area (Å²) in [6, 6.07) is 23.1. The molecule has 6 nitrogen and oxygen atoms in total. The van der Waals surface area contributed by atoms with E-state index in [4.69, 9.17) is 9.47 Å². The number of hydrogen-bond donors (Lipinski definition) is 1. The van der Waals surface area contributed by atoms with Crippen molar-refractivity contribution >= 4 is 11.8 Å². The lowest BCUT2D eigenvalue weighted by molar-refractivity contribution is -0.124. The van der Waals surface area contributed by atoms with Gasteiger partial charge in [0.2, 0.25) is 5.91 Å². The second kappa shape index (κ2) is 10.2. The average molecular weight is 445 g/mol. The molecule has 1 heterocycles. The number of methoxy groups -OCH3 is 2. The van der Waals surface area contributed by atoms with Crippen molar-refractivity contribution in [3.05, 3.63) is 83.9 Å². The lowest BCUT2D eigenvalue weighted by Crippen LogP contribution is -2.37. The molecule has 0 bridgehead atoms. The molecular weight excluding hydrogens is 416 g/mol. The number of benzene rings is 3. The average Bonchev–Trinajstić information content (AvgIpc) is 3.05. The Hall–Kier alpha value is -3.80. The zero-order valence-electron chi connectivity index (χ0n) is 18.9. The molecule has 0 aromatic heterocycles. The Labute approximate surface area is 194 Å². The summed E-state index contributed by atoms with van der Waals surface area (Å²) in [6.45, 7) is 1.21. The molecule has 3 aromatic rings. The van der Waals surface area contributed by atoms with Crippen LogP contribution in [0.4, 0.5) is 0 Å². The van der Waals surface area contributed by atoms with Crippen LogP contribution in [-0.4, -0.2) is 50.6 Å². The number of carbonyl (C=O) groups is 2. The minimum Gasteiger partial charge on any atom is -0.496 e. The minimum absolute atomic E-state index is 0.0415. The summed E-state index contributed by atoms with van der Waals surface area (Å²) in [6.07, 6.45) is 0.510. The lowest BCUT2D eigenvalue weighted by atomic mass is 9.91. The molecule has 1 N–H and O–H groups in total. The first-order valence-electron chi connectivity index (χ1n) is 11.0. The van der Waals surface area contributed by atoms with Crippen molar-refractivity contribution in [2.45, 2.75) is 6.42 Å². The van der Waals surface area contributed by atoms with E-state index in [0.717, 1.165) is 22.4 Å². The molecule has 0 saturated carbocycles. The summed E-state index contributed by atoms with van der Waals surface area (Å²) in [5.41, 5.74) is 3.54. The summed E-state index contributed by atoms with van der Waals surface area (Å²) < 4.78 is 10.9. The topological polar surface area (TPSA) is 67.9 Å². The molecule has 1 fully saturated rings. The highest BCUT2D eigenvalue weighted by Crippen LogP contribution is 2.33. The predicted octanol–water partition coefficient (Wildman–Crippen LogP) is 3.80. The van der Waals surface area contributed by atoms with Crippen LogP contribution in [0.5, 0.6) is 11.5 Å². The van der Waals surface area contributed by atoms with Gasteiger partial charge in [-0.25, -0.2) is 0 Å². The largest absolute Gasteiger partial charge is 0.496 e. The Balaban J connectivity index is 1.62. The molecule has 1 saturated heterocycles. The van der Waals surface area contributed by atoms with Crippen LogP contribution in [0, 0.1) is 5.92 Å². The zero-order valence-corrected chi connectivity index (χ0v) is 18.9. The highest BCUT2D eigenvalue weighted by atomic mass is 16.5. The first kappa shape index (κ1) is 22.4. The van der Waals surface area contributed by atoms with E-state index in [0.29, 0.717) is 37.4 Å². The fourth-order valence-corrected chi connectivity index (χ4v) is 4.33. The quantitative estimate of drug-likeness (QED) is 0.628. The zero-order chi connectivity index (χ0) is 23.2. The van der Waals surface area contributed by atoms with Gasteiger partial charge in [0.25, 0.3) is 5.91 Å². The highest BCUT2D eigenvalue weighted by Gasteiger charge is 2.30. The number of nitrogens with zero attached hydrogens (tertiary/aromatic N) is 1. The second-order valence-electron chi connectivity index (χ2n) is 8.00. The summed E-state index contributed by atoms with van der Waals surface area (Å²) in [5, 5.41) is 2.97. The van der Waals surface area contributed by atoms with Gasteiger partial charge < -0.3 is 19.7 Å². The first-order chi connectivity index (χ1) is 16.1. The van der Waals surface area contributed by atoms with Crippen LogP contribution in [0.2, 0.25) is 0 Å². The molecule has 3 aromatic carbocycles. The van der Waals surface area contributed by atoms with E-state index in [-0.39, 0.29) is 17.7 Å². The molecule has 4 rings (SSSR count). The van der Waals surface area contributed by atoms with E-state index in [9.17, 15) is 9.59 Å². The van der Waals surface area contributed by atoms with E-state index < -0.39 is 0 Å². The Bertz CT molecular complexity index is 1140. The maximum atomic E-state index is 13.3. The molecule has 170 valence electrons. The molecule has 6 heteroatoms. The van der Waals surface area contributed by atoms with Crippen LogP contribution in [-0.2, 0) is 11.2 Å². The van der Waals surface area contributed by atoms with Crippen LogP contribution in [0.25, 0.3) is 11.1 Å². The Morgan fingerprint density at radius 3 is 2.30 bits per heavy atom. The van der Waals surface area contributed by atoms with Gasteiger partial charge in [-0.15, -0.1) is 0 Å². The van der Waals surface area contributed by atoms with Gasteiger partial charge in [0.1, 0.15) is 11.5 Å². The number of hydrogen-bond acceptors (Lipinski definition) is 4. The summed E-state index contributed by atoms with van der Waals surface area (Å²) >= 11 is 0. The monoisotopic (exact) mass is 444 g/mol. The molecule has 1 atom stereocenters. The van der Waals surface area contributed by atoms with Crippen molar-refractivity contribution < 1.29 is 19.1 Å². The summed E-state index contributed by atoms with van der Waals surface area (Å²) in [5.74, 6) is 0.765. The molecule has 33 heavy (non-hydrogen) atoms. The smallest absolute Gasteiger partial charge is 0.257 e. The van der Waals surface area contributed by atoms with Crippen LogP contribution in [0.15, 0.2) is 72.8 Å². The van der Waals surface area contributed by atoms with Gasteiger partial charge in [0.05, 0.1) is 25.7 Å². The Morgan fingerprint density at radius 1 is 0.909 bits per heavy atom. The normalized spacial score (nSPS) is 16.0. The van der Waals surface area contributed by atoms with Crippen molar-refractivity contribution in [2.24, 2.45) is 5.92 Å². The number of amides is 2. The van der Waals surface area contributed by atoms with E-state index in [2.05, 4.69) is 5.32 Å². The van der Waals surface area contributed by atoms with Gasteiger partial charge in [0, 0.05) is 25.2 Å². The van der Waals surface area contributed by atoms with Crippen LogP contribution in [0.3, 0.4) is 0 Å². The maximum absolute atomic E-state index is 13.3. The van der Waals surface area contributed by atoms with Crippen molar-refractivity contribution in [1.29, 1.82) is 0 Å². The van der Waals surface area contributed by atoms with Crippen LogP contribution < -0.4 is 14.8 Å². The third-order valence-corrected chi connectivity index (χ3v) is 6.00. The van der Waals surface area contributed by atoms with E-state index in [1.54, 1.807) is 31.3 Å². The number of ether oxygens (including phenoxy) is 2. The third kappa shape index (κ3) is 4.85. The standard InChI is InChI=1S/C27H28N2O4/c1-32-24-13-7-5-11-22(24)21-10-4-3-9-19(21)17-20-18-29(16-15-28-26(20)30)27(31)23-12-6-8-14-25(23)33-2/h3-14,20H,15-18H2,1-2H3,(H,28,30). The van der Waals surface area contributed by atoms with Crippen molar-refractivity contribution in [1.82, 2.24) is 10.2 Å². The lowest BCUT2D eigenvalue weighted by Gasteiger charge is -2.24. The number of rotatable bonds is 6. The molecule has 1 aliphatic rings. The van der Waals surface area contributed by atoms with E-state index in [1.165, 1.54) is 0 Å². The summed E-state index contributed by atoms with van der Waals surface area (Å²) in [4.78, 5) is 28.0. The molecule has 0 spiro atoms. The van der Waals surface area contributed by atoms with Gasteiger partial charge in [-0.2, -0.15) is 0 Å². The van der Waals surface area contributed by atoms with Crippen molar-refractivity contribution in [2.75, 3.05) is 33.9 Å². The van der Waals surface area contributed by atoms with Crippen LogP contribution in [0.1, 0.15) is 15.9 Å².